The van der Waals surface area contributed by atoms with E-state index in [0.29, 0.717) is 11.8 Å². The van der Waals surface area contributed by atoms with Crippen molar-refractivity contribution in [1.29, 1.82) is 0 Å². The van der Waals surface area contributed by atoms with Gasteiger partial charge in [-0.05, 0) is 176 Å². The number of nitrogens with zero attached hydrogens (tertiary/aromatic N) is 2. The van der Waals surface area contributed by atoms with E-state index in [2.05, 4.69) is 245 Å². The molecule has 9 aromatic rings. The largest absolute Gasteiger partial charge is 0.310 e. The van der Waals surface area contributed by atoms with E-state index in [4.69, 9.17) is 0 Å². The van der Waals surface area contributed by atoms with Crippen LogP contribution in [0.4, 0.5) is 34.1 Å². The third-order valence-electron chi connectivity index (χ3n) is 12.6. The first-order chi connectivity index (χ1) is 33.3. The zero-order valence-electron chi connectivity index (χ0n) is 42.4. The van der Waals surface area contributed by atoms with Crippen LogP contribution < -0.4 is 9.80 Å². The summed E-state index contributed by atoms with van der Waals surface area (Å²) < 4.78 is 0. The van der Waals surface area contributed by atoms with Gasteiger partial charge in [0.2, 0.25) is 0 Å². The van der Waals surface area contributed by atoms with E-state index in [-0.39, 0.29) is 0 Å². The van der Waals surface area contributed by atoms with Crippen molar-refractivity contribution in [2.24, 2.45) is 11.8 Å². The summed E-state index contributed by atoms with van der Waals surface area (Å²) in [7, 11) is 0. The molecule has 0 unspecified atom stereocenters. The van der Waals surface area contributed by atoms with Crippen LogP contribution in [0.15, 0.2) is 194 Å². The van der Waals surface area contributed by atoms with E-state index in [1.807, 2.05) is 27.7 Å². The van der Waals surface area contributed by atoms with Crippen LogP contribution in [-0.4, -0.2) is 0 Å². The lowest BCUT2D eigenvalue weighted by atomic mass is 9.85. The highest BCUT2D eigenvalue weighted by Crippen LogP contribution is 2.48. The Hall–Kier alpha value is -6.90. The van der Waals surface area contributed by atoms with E-state index >= 15 is 0 Å². The van der Waals surface area contributed by atoms with Gasteiger partial charge in [0.25, 0.3) is 0 Å². The van der Waals surface area contributed by atoms with Crippen molar-refractivity contribution >= 4 is 55.7 Å². The van der Waals surface area contributed by atoms with Gasteiger partial charge in [0.15, 0.2) is 0 Å². The summed E-state index contributed by atoms with van der Waals surface area (Å²) in [5.41, 5.74) is 17.1. The molecule has 0 heterocycles. The van der Waals surface area contributed by atoms with E-state index < -0.39 is 0 Å². The Bertz CT molecular complexity index is 2760. The zero-order valence-corrected chi connectivity index (χ0v) is 42.4. The predicted molar refractivity (Wildman–Crippen MR) is 300 cm³/mol. The van der Waals surface area contributed by atoms with E-state index in [1.165, 1.54) is 66.1 Å². The molecule has 0 N–H and O–H groups in total. The van der Waals surface area contributed by atoms with Gasteiger partial charge in [-0.1, -0.05) is 191 Å². The van der Waals surface area contributed by atoms with Crippen molar-refractivity contribution in [2.75, 3.05) is 9.80 Å². The second-order valence-electron chi connectivity index (χ2n) is 18.2. The van der Waals surface area contributed by atoms with E-state index in [1.54, 1.807) is 0 Å². The first kappa shape index (κ1) is 49.0. The number of fused-ring (bicyclic) bond motifs is 2. The van der Waals surface area contributed by atoms with Crippen molar-refractivity contribution in [3.63, 3.8) is 0 Å². The smallest absolute Gasteiger partial charge is 0.0468 e. The highest BCUT2D eigenvalue weighted by molar-refractivity contribution is 6.22. The SMILES string of the molecule is CC.CC.CCc1ccc(N(c2ccc(CC(C)C)cc2)c2ccc3c(-c4ccccc4)c4cc(N(c5ccc(CC)cc5)c5ccc(CC(C)C)cc5)ccc4c(-c4ccccc4)c3c2)cc1. The van der Waals surface area contributed by atoms with Crippen LogP contribution in [0.5, 0.6) is 0 Å². The van der Waals surface area contributed by atoms with Gasteiger partial charge in [0, 0.05) is 34.1 Å². The Kier molecular flexibility index (Phi) is 16.7. The molecule has 68 heavy (non-hydrogen) atoms. The lowest BCUT2D eigenvalue weighted by molar-refractivity contribution is 0.647. The van der Waals surface area contributed by atoms with Crippen molar-refractivity contribution in [1.82, 2.24) is 0 Å². The molecule has 346 valence electrons. The monoisotopic (exact) mass is 893 g/mol. The maximum Gasteiger partial charge on any atom is 0.0468 e. The van der Waals surface area contributed by atoms with Gasteiger partial charge in [-0.2, -0.15) is 0 Å². The highest BCUT2D eigenvalue weighted by atomic mass is 15.1. The molecule has 2 heteroatoms. The summed E-state index contributed by atoms with van der Waals surface area (Å²) in [5.74, 6) is 1.20. The fraction of sp³-hybridized carbons (Fsp3) is 0.242. The Morgan fingerprint density at radius 1 is 0.309 bits per heavy atom. The maximum atomic E-state index is 2.44. The number of aryl methyl sites for hydroxylation is 2. The fourth-order valence-electron chi connectivity index (χ4n) is 9.48. The molecule has 9 aromatic carbocycles. The minimum atomic E-state index is 0.599. The Balaban J connectivity index is 0.00000167. The van der Waals surface area contributed by atoms with Crippen LogP contribution in [0.25, 0.3) is 43.8 Å². The van der Waals surface area contributed by atoms with Gasteiger partial charge < -0.3 is 9.80 Å². The third kappa shape index (κ3) is 10.9. The number of hydrogen-bond donors (Lipinski definition) is 0. The quantitative estimate of drug-likeness (QED) is 0.100. The van der Waals surface area contributed by atoms with E-state index in [9.17, 15) is 0 Å². The molecule has 0 fully saturated rings. The lowest BCUT2D eigenvalue weighted by Gasteiger charge is -2.28. The Labute approximate surface area is 409 Å². The number of hydrogen-bond acceptors (Lipinski definition) is 2. The summed E-state index contributed by atoms with van der Waals surface area (Å²) in [6.45, 7) is 21.6. The first-order valence-electron chi connectivity index (χ1n) is 25.4. The number of rotatable bonds is 14. The van der Waals surface area contributed by atoms with Crippen LogP contribution in [0.3, 0.4) is 0 Å². The van der Waals surface area contributed by atoms with Gasteiger partial charge in [-0.15, -0.1) is 0 Å². The molecule has 0 spiro atoms. The summed E-state index contributed by atoms with van der Waals surface area (Å²) in [6.07, 6.45) is 4.13. The molecule has 0 radical (unpaired) electrons. The van der Waals surface area contributed by atoms with Gasteiger partial charge >= 0.3 is 0 Å². The topological polar surface area (TPSA) is 6.48 Å². The fourth-order valence-corrected chi connectivity index (χ4v) is 9.48. The molecule has 0 saturated carbocycles. The molecule has 9 rings (SSSR count). The first-order valence-corrected chi connectivity index (χ1v) is 25.4. The minimum absolute atomic E-state index is 0.599. The van der Waals surface area contributed by atoms with Gasteiger partial charge in [-0.3, -0.25) is 0 Å². The molecular weight excluding hydrogens is 821 g/mol. The third-order valence-corrected chi connectivity index (χ3v) is 12.6. The average Bonchev–Trinajstić information content (AvgIpc) is 3.38. The van der Waals surface area contributed by atoms with Crippen molar-refractivity contribution in [3.8, 4) is 22.3 Å². The molecule has 2 nitrogen and oxygen atoms in total. The van der Waals surface area contributed by atoms with Crippen LogP contribution >= 0.6 is 0 Å². The molecule has 0 amide bonds. The Morgan fingerprint density at radius 3 is 0.868 bits per heavy atom. The Morgan fingerprint density at radius 2 is 0.588 bits per heavy atom. The summed E-state index contributed by atoms with van der Waals surface area (Å²) in [4.78, 5) is 4.85. The van der Waals surface area contributed by atoms with Gasteiger partial charge in [0.1, 0.15) is 0 Å². The zero-order chi connectivity index (χ0) is 48.2. The van der Waals surface area contributed by atoms with Gasteiger partial charge in [0.05, 0.1) is 0 Å². The summed E-state index contributed by atoms with van der Waals surface area (Å²) in [5, 5.41) is 4.90. The van der Waals surface area contributed by atoms with Crippen LogP contribution in [0, 0.1) is 11.8 Å². The second kappa shape index (κ2) is 23.2. The van der Waals surface area contributed by atoms with Crippen LogP contribution in [0.2, 0.25) is 0 Å². The molecule has 0 aromatic heterocycles. The number of anilines is 6. The molecule has 0 aliphatic rings. The van der Waals surface area contributed by atoms with Crippen molar-refractivity contribution in [3.05, 3.63) is 216 Å². The van der Waals surface area contributed by atoms with Crippen molar-refractivity contribution in [2.45, 2.75) is 94.9 Å². The van der Waals surface area contributed by atoms with Crippen LogP contribution in [0.1, 0.15) is 91.5 Å². The summed E-state index contributed by atoms with van der Waals surface area (Å²) in [6, 6.07) is 72.9. The van der Waals surface area contributed by atoms with Crippen LogP contribution in [-0.2, 0) is 25.7 Å². The standard InChI is InChI=1S/C62H60N2.2C2H6/c1-7-45-19-27-51(28-20-45)63(53-31-23-47(24-32-53)39-43(3)4)55-35-37-57-59(41-55)61(49-15-11-9-12-16-49)58-38-36-56(42-60(58)62(57)50-17-13-10-14-18-50)64(52-29-21-46(8-2)22-30-52)54-33-25-48(26-34-54)40-44(5)6;2*1-2/h9-38,41-44H,7-8,39-40H2,1-6H3;2*1-2H3. The molecule has 0 atom stereocenters. The normalized spacial score (nSPS) is 11.0. The van der Waals surface area contributed by atoms with Gasteiger partial charge in [-0.25, -0.2) is 0 Å². The maximum absolute atomic E-state index is 2.44. The van der Waals surface area contributed by atoms with E-state index in [0.717, 1.165) is 59.8 Å². The molecule has 0 bridgehead atoms. The van der Waals surface area contributed by atoms with Crippen molar-refractivity contribution < 1.29 is 0 Å². The molecule has 0 aliphatic heterocycles. The predicted octanol–water partition coefficient (Wildman–Crippen LogP) is 19.8. The summed E-state index contributed by atoms with van der Waals surface area (Å²) >= 11 is 0. The second-order valence-corrected chi connectivity index (χ2v) is 18.2. The molecule has 0 aliphatic carbocycles. The number of benzene rings is 9. The molecule has 0 saturated heterocycles. The lowest BCUT2D eigenvalue weighted by Crippen LogP contribution is -2.11. The molecular formula is C66H72N2. The minimum Gasteiger partial charge on any atom is -0.310 e. The average molecular weight is 893 g/mol. The highest BCUT2D eigenvalue weighted by Gasteiger charge is 2.22.